The molecule has 0 spiro atoms. The third-order valence-corrected chi connectivity index (χ3v) is 11.8. The van der Waals surface area contributed by atoms with Crippen LogP contribution < -0.4 is 4.90 Å². The van der Waals surface area contributed by atoms with Gasteiger partial charge in [-0.15, -0.1) is 0 Å². The molecule has 0 saturated heterocycles. The van der Waals surface area contributed by atoms with Crippen molar-refractivity contribution in [3.63, 3.8) is 0 Å². The normalized spacial score (nSPS) is 11.3. The predicted octanol–water partition coefficient (Wildman–Crippen LogP) is 16.1. The van der Waals surface area contributed by atoms with Gasteiger partial charge in [0.15, 0.2) is 0 Å². The molecular formula is C58H40N2. The van der Waals surface area contributed by atoms with Gasteiger partial charge in [0.25, 0.3) is 0 Å². The molecule has 0 aliphatic rings. The Labute approximate surface area is 350 Å². The molecule has 1 heterocycles. The van der Waals surface area contributed by atoms with Gasteiger partial charge in [0, 0.05) is 33.4 Å². The van der Waals surface area contributed by atoms with Crippen molar-refractivity contribution < 1.29 is 0 Å². The van der Waals surface area contributed by atoms with Crippen LogP contribution in [0.1, 0.15) is 0 Å². The minimum atomic E-state index is 1.08. The maximum atomic E-state index is 2.44. The summed E-state index contributed by atoms with van der Waals surface area (Å²) in [5.74, 6) is 0. The summed E-state index contributed by atoms with van der Waals surface area (Å²) in [4.78, 5) is 2.37. The van der Waals surface area contributed by atoms with Gasteiger partial charge >= 0.3 is 0 Å². The smallest absolute Gasteiger partial charge is 0.0546 e. The summed E-state index contributed by atoms with van der Waals surface area (Å²) in [6.45, 7) is 0. The first-order valence-corrected chi connectivity index (χ1v) is 20.6. The number of hydrogen-bond acceptors (Lipinski definition) is 1. The molecule has 11 rings (SSSR count). The topological polar surface area (TPSA) is 8.17 Å². The largest absolute Gasteiger partial charge is 0.310 e. The van der Waals surface area contributed by atoms with Gasteiger partial charge < -0.3 is 9.47 Å². The van der Waals surface area contributed by atoms with Crippen molar-refractivity contribution in [2.24, 2.45) is 0 Å². The van der Waals surface area contributed by atoms with Gasteiger partial charge in [-0.25, -0.2) is 0 Å². The summed E-state index contributed by atoms with van der Waals surface area (Å²) in [5, 5.41) is 4.99. The van der Waals surface area contributed by atoms with Crippen molar-refractivity contribution >= 4 is 49.6 Å². The van der Waals surface area contributed by atoms with Crippen molar-refractivity contribution in [3.8, 4) is 50.2 Å². The SMILES string of the molecule is c1ccc(-c2ccc(N(c3ccc(-c4cccc(-n5c6ccccc6c6ccccc65)c4-c4ccccc4)cc3)c3cccc(-c4ccc5ccccc5c4)c3)cc2)cc1. The quantitative estimate of drug-likeness (QED) is 0.150. The maximum Gasteiger partial charge on any atom is 0.0546 e. The molecule has 11 aromatic rings. The van der Waals surface area contributed by atoms with Crippen LogP contribution in [0.25, 0.3) is 82.8 Å². The third-order valence-electron chi connectivity index (χ3n) is 11.8. The highest BCUT2D eigenvalue weighted by Gasteiger charge is 2.20. The number of nitrogens with zero attached hydrogens (tertiary/aromatic N) is 2. The van der Waals surface area contributed by atoms with Crippen LogP contribution in [0.3, 0.4) is 0 Å². The average molecular weight is 765 g/mol. The molecule has 0 radical (unpaired) electrons. The Kier molecular flexibility index (Phi) is 8.87. The molecule has 0 saturated carbocycles. The lowest BCUT2D eigenvalue weighted by molar-refractivity contribution is 1.18. The fourth-order valence-electron chi connectivity index (χ4n) is 8.92. The van der Waals surface area contributed by atoms with E-state index in [1.165, 1.54) is 71.5 Å². The zero-order chi connectivity index (χ0) is 39.8. The van der Waals surface area contributed by atoms with E-state index in [0.29, 0.717) is 0 Å². The Morgan fingerprint density at radius 3 is 1.47 bits per heavy atom. The molecule has 2 nitrogen and oxygen atoms in total. The van der Waals surface area contributed by atoms with Crippen LogP contribution in [0.15, 0.2) is 243 Å². The Morgan fingerprint density at radius 2 is 0.783 bits per heavy atom. The van der Waals surface area contributed by atoms with E-state index in [2.05, 4.69) is 252 Å². The Morgan fingerprint density at radius 1 is 0.283 bits per heavy atom. The second kappa shape index (κ2) is 15.1. The van der Waals surface area contributed by atoms with Crippen molar-refractivity contribution in [2.45, 2.75) is 0 Å². The van der Waals surface area contributed by atoms with E-state index in [0.717, 1.165) is 28.3 Å². The van der Waals surface area contributed by atoms with E-state index in [4.69, 9.17) is 0 Å². The monoisotopic (exact) mass is 764 g/mol. The zero-order valence-corrected chi connectivity index (χ0v) is 33.0. The van der Waals surface area contributed by atoms with Crippen LogP contribution in [0.5, 0.6) is 0 Å². The van der Waals surface area contributed by atoms with Crippen LogP contribution in [-0.2, 0) is 0 Å². The first kappa shape index (κ1) is 35.2. The number of para-hydroxylation sites is 2. The predicted molar refractivity (Wildman–Crippen MR) is 255 cm³/mol. The van der Waals surface area contributed by atoms with E-state index >= 15 is 0 Å². The second-order valence-corrected chi connectivity index (χ2v) is 15.3. The van der Waals surface area contributed by atoms with Crippen LogP contribution in [0.4, 0.5) is 17.1 Å². The molecule has 282 valence electrons. The number of fused-ring (bicyclic) bond motifs is 4. The highest BCUT2D eigenvalue weighted by molar-refractivity contribution is 6.10. The molecule has 0 fully saturated rings. The highest BCUT2D eigenvalue weighted by Crippen LogP contribution is 2.43. The van der Waals surface area contributed by atoms with Gasteiger partial charge in [0.05, 0.1) is 16.7 Å². The molecule has 0 N–H and O–H groups in total. The maximum absolute atomic E-state index is 2.44. The van der Waals surface area contributed by atoms with E-state index in [1.807, 2.05) is 0 Å². The fraction of sp³-hybridized carbons (Fsp3) is 0. The molecular weight excluding hydrogens is 725 g/mol. The summed E-state index contributed by atoms with van der Waals surface area (Å²) >= 11 is 0. The van der Waals surface area contributed by atoms with E-state index < -0.39 is 0 Å². The molecule has 10 aromatic carbocycles. The van der Waals surface area contributed by atoms with Gasteiger partial charge in [0.1, 0.15) is 0 Å². The summed E-state index contributed by atoms with van der Waals surface area (Å²) in [7, 11) is 0. The molecule has 1 aromatic heterocycles. The van der Waals surface area contributed by atoms with Gasteiger partial charge in [-0.3, -0.25) is 0 Å². The molecule has 60 heavy (non-hydrogen) atoms. The van der Waals surface area contributed by atoms with Crippen LogP contribution >= 0.6 is 0 Å². The Hall–Kier alpha value is -7.94. The standard InChI is InChI=1S/C58H40N2/c1-3-15-41(16-4-1)43-31-35-49(36-32-43)59(51-22-13-21-47(40-51)48-30-29-42-17-7-8-20-46(42)39-48)50-37-33-44(34-38-50)52-25-14-28-57(58(52)45-18-5-2-6-19-45)60-55-26-11-9-23-53(55)54-24-10-12-27-56(54)60/h1-40H. The van der Waals surface area contributed by atoms with Gasteiger partial charge in [-0.05, 0) is 110 Å². The van der Waals surface area contributed by atoms with Gasteiger partial charge in [0.2, 0.25) is 0 Å². The first-order valence-electron chi connectivity index (χ1n) is 20.6. The van der Waals surface area contributed by atoms with Gasteiger partial charge in [-0.2, -0.15) is 0 Å². The number of aromatic nitrogens is 1. The average Bonchev–Trinajstić information content (AvgIpc) is 3.66. The summed E-state index contributed by atoms with van der Waals surface area (Å²) < 4.78 is 2.44. The lowest BCUT2D eigenvalue weighted by Crippen LogP contribution is -2.10. The summed E-state index contributed by atoms with van der Waals surface area (Å²) in [6.07, 6.45) is 0. The van der Waals surface area contributed by atoms with Crippen LogP contribution in [0, 0.1) is 0 Å². The molecule has 0 aliphatic carbocycles. The Bertz CT molecular complexity index is 3240. The minimum absolute atomic E-state index is 1.08. The number of anilines is 3. The molecule has 0 aliphatic heterocycles. The third kappa shape index (κ3) is 6.32. The zero-order valence-electron chi connectivity index (χ0n) is 33.0. The molecule has 0 amide bonds. The lowest BCUT2D eigenvalue weighted by atomic mass is 9.92. The van der Waals surface area contributed by atoms with Crippen LogP contribution in [-0.4, -0.2) is 4.57 Å². The highest BCUT2D eigenvalue weighted by atomic mass is 15.1. The van der Waals surface area contributed by atoms with Gasteiger partial charge in [-0.1, -0.05) is 182 Å². The number of hydrogen-bond donors (Lipinski definition) is 0. The van der Waals surface area contributed by atoms with E-state index in [9.17, 15) is 0 Å². The van der Waals surface area contributed by atoms with E-state index in [1.54, 1.807) is 0 Å². The summed E-state index contributed by atoms with van der Waals surface area (Å²) in [6, 6.07) is 87.9. The van der Waals surface area contributed by atoms with Crippen LogP contribution in [0.2, 0.25) is 0 Å². The molecule has 0 atom stereocenters. The molecule has 0 unspecified atom stereocenters. The first-order chi connectivity index (χ1) is 29.8. The van der Waals surface area contributed by atoms with Crippen molar-refractivity contribution in [3.05, 3.63) is 243 Å². The molecule has 0 bridgehead atoms. The fourth-order valence-corrected chi connectivity index (χ4v) is 8.92. The second-order valence-electron chi connectivity index (χ2n) is 15.3. The summed E-state index contributed by atoms with van der Waals surface area (Å²) in [5.41, 5.74) is 16.3. The number of rotatable bonds is 8. The lowest BCUT2D eigenvalue weighted by Gasteiger charge is -2.27. The van der Waals surface area contributed by atoms with Crippen molar-refractivity contribution in [1.82, 2.24) is 4.57 Å². The molecule has 2 heteroatoms. The van der Waals surface area contributed by atoms with Crippen molar-refractivity contribution in [1.29, 1.82) is 0 Å². The number of benzene rings is 10. The van der Waals surface area contributed by atoms with Crippen molar-refractivity contribution in [2.75, 3.05) is 4.90 Å². The Balaban J connectivity index is 1.05. The van der Waals surface area contributed by atoms with E-state index in [-0.39, 0.29) is 0 Å². The minimum Gasteiger partial charge on any atom is -0.310 e.